The van der Waals surface area contributed by atoms with E-state index < -0.39 is 0 Å². The molecule has 1 nitrogen and oxygen atoms in total. The number of aryl methyl sites for hydroxylation is 1. The summed E-state index contributed by atoms with van der Waals surface area (Å²) in [7, 11) is 0. The maximum absolute atomic E-state index is 2.59. The monoisotopic (exact) mass is 571 g/mol. The minimum Gasteiger partial charge on any atom is -0.376 e. The van der Waals surface area contributed by atoms with E-state index in [2.05, 4.69) is 176 Å². The summed E-state index contributed by atoms with van der Waals surface area (Å²) in [5.74, 6) is 0. The number of fused-ring (bicyclic) bond motifs is 11. The molecular weight excluding hydrogens is 541 g/mol. The van der Waals surface area contributed by atoms with Crippen LogP contribution in [0.5, 0.6) is 0 Å². The standard InChI is InChI=1S/C43H30BN/c1-29-17-23-42-38(25-29)36-26-33(30-11-5-2-6-12-30)18-21-40(36)44-41-22-19-34(31-13-7-3-8-14-31)27-37(41)39-28-35(20-24-43(39)45(42)44)32-15-9-4-10-16-32/h2-28H,1H3. The molecule has 0 aliphatic carbocycles. The topological polar surface area (TPSA) is 3.24 Å². The van der Waals surface area contributed by atoms with Crippen LogP contribution in [0.3, 0.4) is 0 Å². The fraction of sp³-hybridized carbons (Fsp3) is 0.0233. The summed E-state index contributed by atoms with van der Waals surface area (Å²) in [6.07, 6.45) is 0. The van der Waals surface area contributed by atoms with E-state index in [1.54, 1.807) is 0 Å². The van der Waals surface area contributed by atoms with Gasteiger partial charge < -0.3 is 4.81 Å². The van der Waals surface area contributed by atoms with Crippen molar-refractivity contribution >= 4 is 29.1 Å². The van der Waals surface area contributed by atoms with Gasteiger partial charge in [-0.15, -0.1) is 0 Å². The van der Waals surface area contributed by atoms with Crippen molar-refractivity contribution < 1.29 is 0 Å². The molecule has 0 bridgehead atoms. The molecule has 45 heavy (non-hydrogen) atoms. The fourth-order valence-corrected chi connectivity index (χ4v) is 7.38. The van der Waals surface area contributed by atoms with Gasteiger partial charge in [-0.2, -0.15) is 0 Å². The Balaban J connectivity index is 1.32. The molecule has 0 saturated carbocycles. The summed E-state index contributed by atoms with van der Waals surface area (Å²) in [4.78, 5) is 2.59. The molecule has 2 aliphatic heterocycles. The third-order valence-corrected chi connectivity index (χ3v) is 9.52. The zero-order chi connectivity index (χ0) is 29.9. The lowest BCUT2D eigenvalue weighted by atomic mass is 9.43. The molecule has 2 heterocycles. The minimum atomic E-state index is 0.0647. The number of anilines is 2. The van der Waals surface area contributed by atoms with Gasteiger partial charge in [0.05, 0.1) is 0 Å². The molecule has 7 aromatic rings. The van der Waals surface area contributed by atoms with Crippen molar-refractivity contribution in [2.24, 2.45) is 0 Å². The van der Waals surface area contributed by atoms with Gasteiger partial charge in [0.15, 0.2) is 0 Å². The van der Waals surface area contributed by atoms with E-state index in [0.29, 0.717) is 0 Å². The van der Waals surface area contributed by atoms with Gasteiger partial charge in [-0.1, -0.05) is 133 Å². The fourth-order valence-electron chi connectivity index (χ4n) is 7.38. The smallest absolute Gasteiger partial charge is 0.329 e. The van der Waals surface area contributed by atoms with Crippen molar-refractivity contribution in [2.45, 2.75) is 6.92 Å². The molecule has 2 heteroatoms. The van der Waals surface area contributed by atoms with Gasteiger partial charge in [-0.05, 0) is 98.8 Å². The van der Waals surface area contributed by atoms with Gasteiger partial charge in [0, 0.05) is 22.5 Å². The number of hydrogen-bond donors (Lipinski definition) is 0. The van der Waals surface area contributed by atoms with E-state index in [1.165, 1.54) is 83.5 Å². The largest absolute Gasteiger partial charge is 0.376 e. The van der Waals surface area contributed by atoms with E-state index in [0.717, 1.165) is 0 Å². The zero-order valence-electron chi connectivity index (χ0n) is 25.1. The Morgan fingerprint density at radius 3 is 1.24 bits per heavy atom. The Morgan fingerprint density at radius 1 is 0.356 bits per heavy atom. The maximum atomic E-state index is 2.59. The van der Waals surface area contributed by atoms with Crippen molar-refractivity contribution in [1.29, 1.82) is 0 Å². The van der Waals surface area contributed by atoms with Crippen LogP contribution in [-0.2, 0) is 0 Å². The molecule has 9 rings (SSSR count). The molecule has 0 N–H and O–H groups in total. The average molecular weight is 572 g/mol. The van der Waals surface area contributed by atoms with Gasteiger partial charge >= 0.3 is 6.85 Å². The van der Waals surface area contributed by atoms with Crippen LogP contribution in [0.25, 0.3) is 55.6 Å². The second-order valence-corrected chi connectivity index (χ2v) is 12.2. The zero-order valence-corrected chi connectivity index (χ0v) is 25.1. The second kappa shape index (κ2) is 10.2. The first-order chi connectivity index (χ1) is 22.2. The summed E-state index contributed by atoms with van der Waals surface area (Å²) in [6, 6.07) is 60.4. The molecule has 2 aliphatic rings. The van der Waals surface area contributed by atoms with E-state index >= 15 is 0 Å². The highest BCUT2D eigenvalue weighted by atomic mass is 15.1. The first-order valence-electron chi connectivity index (χ1n) is 15.7. The van der Waals surface area contributed by atoms with Crippen LogP contribution < -0.4 is 15.7 Å². The molecule has 0 radical (unpaired) electrons. The maximum Gasteiger partial charge on any atom is 0.329 e. The molecule has 0 fully saturated rings. The minimum absolute atomic E-state index is 0.0647. The van der Waals surface area contributed by atoms with Crippen molar-refractivity contribution in [3.8, 4) is 55.6 Å². The van der Waals surface area contributed by atoms with Crippen LogP contribution >= 0.6 is 0 Å². The molecule has 7 aromatic carbocycles. The lowest BCUT2D eigenvalue weighted by Gasteiger charge is -2.44. The lowest BCUT2D eigenvalue weighted by molar-refractivity contribution is 1.33. The normalized spacial score (nSPS) is 12.5. The van der Waals surface area contributed by atoms with Crippen LogP contribution in [-0.4, -0.2) is 6.85 Å². The van der Waals surface area contributed by atoms with Crippen LogP contribution in [0.15, 0.2) is 164 Å². The SMILES string of the molecule is Cc1ccc2c(c1)-c1cc(-c3ccccc3)ccc1B1c3ccc(-c4ccccc4)cc3-c3cc(-c4ccccc4)ccc3N12. The summed E-state index contributed by atoms with van der Waals surface area (Å²) in [5.41, 5.74) is 19.1. The first-order valence-corrected chi connectivity index (χ1v) is 15.7. The number of nitrogens with zero attached hydrogens (tertiary/aromatic N) is 1. The van der Waals surface area contributed by atoms with Crippen molar-refractivity contribution in [1.82, 2.24) is 0 Å². The Morgan fingerprint density at radius 2 is 0.756 bits per heavy atom. The highest BCUT2D eigenvalue weighted by Crippen LogP contribution is 2.48. The number of hydrogen-bond acceptors (Lipinski definition) is 1. The highest BCUT2D eigenvalue weighted by molar-refractivity contribution is 6.92. The Kier molecular flexibility index (Phi) is 5.89. The first kappa shape index (κ1) is 25.9. The molecule has 0 atom stereocenters. The highest BCUT2D eigenvalue weighted by Gasteiger charge is 2.42. The molecule has 210 valence electrons. The van der Waals surface area contributed by atoms with E-state index in [4.69, 9.17) is 0 Å². The Hall–Kier alpha value is -5.60. The molecule has 0 unspecified atom stereocenters. The van der Waals surface area contributed by atoms with E-state index in [-0.39, 0.29) is 6.85 Å². The number of rotatable bonds is 3. The van der Waals surface area contributed by atoms with Crippen molar-refractivity contribution in [2.75, 3.05) is 4.81 Å². The molecular formula is C43H30BN. The summed E-state index contributed by atoms with van der Waals surface area (Å²) < 4.78 is 0. The molecule has 0 spiro atoms. The molecule has 0 saturated heterocycles. The molecule has 0 aromatic heterocycles. The third kappa shape index (κ3) is 4.18. The lowest BCUT2D eigenvalue weighted by Crippen LogP contribution is -2.59. The summed E-state index contributed by atoms with van der Waals surface area (Å²) in [5, 5.41) is 0. The average Bonchev–Trinajstić information content (AvgIpc) is 3.12. The summed E-state index contributed by atoms with van der Waals surface area (Å²) >= 11 is 0. The van der Waals surface area contributed by atoms with Gasteiger partial charge in [0.1, 0.15) is 0 Å². The third-order valence-electron chi connectivity index (χ3n) is 9.52. The molecule has 0 amide bonds. The Labute approximate surface area is 265 Å². The second-order valence-electron chi connectivity index (χ2n) is 12.2. The van der Waals surface area contributed by atoms with Gasteiger partial charge in [-0.25, -0.2) is 0 Å². The van der Waals surface area contributed by atoms with Gasteiger partial charge in [-0.3, -0.25) is 0 Å². The van der Waals surface area contributed by atoms with Crippen molar-refractivity contribution in [3.63, 3.8) is 0 Å². The van der Waals surface area contributed by atoms with Gasteiger partial charge in [0.25, 0.3) is 0 Å². The Bertz CT molecular complexity index is 2220. The summed E-state index contributed by atoms with van der Waals surface area (Å²) in [6.45, 7) is 2.26. The van der Waals surface area contributed by atoms with Gasteiger partial charge in [0.2, 0.25) is 0 Å². The quantitative estimate of drug-likeness (QED) is 0.191. The predicted molar refractivity (Wildman–Crippen MR) is 192 cm³/mol. The van der Waals surface area contributed by atoms with E-state index in [9.17, 15) is 0 Å². The number of benzene rings is 7. The predicted octanol–water partition coefficient (Wildman–Crippen LogP) is 9.90. The van der Waals surface area contributed by atoms with Crippen LogP contribution in [0, 0.1) is 6.92 Å². The van der Waals surface area contributed by atoms with Crippen LogP contribution in [0.2, 0.25) is 0 Å². The van der Waals surface area contributed by atoms with Crippen LogP contribution in [0.1, 0.15) is 5.56 Å². The van der Waals surface area contributed by atoms with E-state index in [1.807, 2.05) is 0 Å². The van der Waals surface area contributed by atoms with Crippen molar-refractivity contribution in [3.05, 3.63) is 169 Å². The van der Waals surface area contributed by atoms with Crippen LogP contribution in [0.4, 0.5) is 11.4 Å².